The fourth-order valence-electron chi connectivity index (χ4n) is 5.30. The van der Waals surface area contributed by atoms with E-state index in [0.717, 1.165) is 19.4 Å². The van der Waals surface area contributed by atoms with Crippen LogP contribution in [0.1, 0.15) is 36.2 Å². The van der Waals surface area contributed by atoms with Crippen LogP contribution in [-0.4, -0.2) is 77.8 Å². The van der Waals surface area contributed by atoms with E-state index in [1.807, 2.05) is 0 Å². The van der Waals surface area contributed by atoms with E-state index < -0.39 is 10.0 Å². The summed E-state index contributed by atoms with van der Waals surface area (Å²) in [5.74, 6) is 0.545. The molecular formula is C18H29N5O3S. The Balaban J connectivity index is 1.52. The Morgan fingerprint density at radius 2 is 2.07 bits per heavy atom. The number of piperidine rings is 3. The minimum absolute atomic E-state index is 0.124. The van der Waals surface area contributed by atoms with E-state index in [9.17, 15) is 13.2 Å². The van der Waals surface area contributed by atoms with Gasteiger partial charge in [-0.25, -0.2) is 12.7 Å². The summed E-state index contributed by atoms with van der Waals surface area (Å²) in [6, 6.07) is 2.33. The van der Waals surface area contributed by atoms with Crippen molar-refractivity contribution in [3.05, 3.63) is 18.0 Å². The molecule has 3 saturated heterocycles. The largest absolute Gasteiger partial charge is 0.349 e. The maximum absolute atomic E-state index is 12.5. The number of hydrogen-bond donors (Lipinski definition) is 1. The van der Waals surface area contributed by atoms with Gasteiger partial charge in [-0.1, -0.05) is 6.42 Å². The lowest BCUT2D eigenvalue weighted by molar-refractivity contribution is -0.0537. The third kappa shape index (κ3) is 3.64. The van der Waals surface area contributed by atoms with Gasteiger partial charge in [0.25, 0.3) is 5.91 Å². The number of carbonyl (C=O) groups is 1. The third-order valence-corrected chi connectivity index (χ3v) is 7.82. The van der Waals surface area contributed by atoms with Crippen molar-refractivity contribution in [3.8, 4) is 0 Å². The smallest absolute Gasteiger partial charge is 0.269 e. The van der Waals surface area contributed by atoms with Gasteiger partial charge in [-0.2, -0.15) is 5.10 Å². The van der Waals surface area contributed by atoms with Gasteiger partial charge in [-0.15, -0.1) is 0 Å². The molecule has 8 nitrogen and oxygen atoms in total. The van der Waals surface area contributed by atoms with Crippen LogP contribution in [0.4, 0.5) is 0 Å². The molecule has 0 aliphatic carbocycles. The minimum Gasteiger partial charge on any atom is -0.349 e. The fourth-order valence-corrected chi connectivity index (χ4v) is 6.23. The number of sulfonamides is 1. The van der Waals surface area contributed by atoms with E-state index in [1.165, 1.54) is 19.1 Å². The normalized spacial score (nSPS) is 32.1. The van der Waals surface area contributed by atoms with Gasteiger partial charge in [0.2, 0.25) is 10.0 Å². The summed E-state index contributed by atoms with van der Waals surface area (Å²) in [5, 5.41) is 7.13. The Hall–Kier alpha value is -1.45. The number of amides is 1. The van der Waals surface area contributed by atoms with Crippen molar-refractivity contribution >= 4 is 15.9 Å². The lowest BCUT2D eigenvalue weighted by Gasteiger charge is -2.56. The number of rotatable bonds is 4. The highest BCUT2D eigenvalue weighted by molar-refractivity contribution is 7.88. The molecule has 1 aromatic heterocycles. The van der Waals surface area contributed by atoms with Crippen molar-refractivity contribution in [3.63, 3.8) is 0 Å². The Morgan fingerprint density at radius 1 is 1.30 bits per heavy atom. The molecule has 0 saturated carbocycles. The molecular weight excluding hydrogens is 366 g/mol. The molecule has 150 valence electrons. The van der Waals surface area contributed by atoms with Crippen molar-refractivity contribution in [1.29, 1.82) is 0 Å². The van der Waals surface area contributed by atoms with Crippen LogP contribution in [0, 0.1) is 11.8 Å². The highest BCUT2D eigenvalue weighted by atomic mass is 32.2. The third-order valence-electron chi connectivity index (χ3n) is 6.58. The molecule has 4 rings (SSSR count). The maximum atomic E-state index is 12.5. The molecule has 0 aromatic carbocycles. The second-order valence-corrected chi connectivity index (χ2v) is 10.2. The van der Waals surface area contributed by atoms with Crippen LogP contribution in [0.5, 0.6) is 0 Å². The second kappa shape index (κ2) is 7.18. The molecule has 3 aliphatic heterocycles. The van der Waals surface area contributed by atoms with Gasteiger partial charge in [0.1, 0.15) is 5.69 Å². The van der Waals surface area contributed by atoms with Gasteiger partial charge in [0.15, 0.2) is 0 Å². The summed E-state index contributed by atoms with van der Waals surface area (Å²) < 4.78 is 27.6. The SMILES string of the molecule is Cn1nccc1C(=O)NC[C@H]1[C@H]2C[C@H](CN(S(C)(=O)=O)C2)[C@@H]2CCCCN21. The lowest BCUT2D eigenvalue weighted by Crippen LogP contribution is -2.66. The van der Waals surface area contributed by atoms with Crippen LogP contribution in [-0.2, 0) is 17.1 Å². The Kier molecular flexibility index (Phi) is 5.02. The summed E-state index contributed by atoms with van der Waals surface area (Å²) in [6.45, 7) is 2.80. The van der Waals surface area contributed by atoms with Gasteiger partial charge >= 0.3 is 0 Å². The van der Waals surface area contributed by atoms with Crippen LogP contribution in [0.25, 0.3) is 0 Å². The van der Waals surface area contributed by atoms with E-state index in [4.69, 9.17) is 0 Å². The summed E-state index contributed by atoms with van der Waals surface area (Å²) in [4.78, 5) is 15.1. The second-order valence-electron chi connectivity index (χ2n) is 8.25. The average Bonchev–Trinajstić information content (AvgIpc) is 3.06. The molecule has 4 heterocycles. The molecule has 2 bridgehead atoms. The van der Waals surface area contributed by atoms with E-state index >= 15 is 0 Å². The molecule has 9 heteroatoms. The monoisotopic (exact) mass is 395 g/mol. The quantitative estimate of drug-likeness (QED) is 0.792. The zero-order valence-electron chi connectivity index (χ0n) is 16.0. The first kappa shape index (κ1) is 18.9. The Morgan fingerprint density at radius 3 is 2.78 bits per heavy atom. The van der Waals surface area contributed by atoms with Gasteiger partial charge in [-0.05, 0) is 43.7 Å². The average molecular weight is 396 g/mol. The van der Waals surface area contributed by atoms with Gasteiger partial charge in [-0.3, -0.25) is 14.4 Å². The van der Waals surface area contributed by atoms with Crippen LogP contribution in [0.3, 0.4) is 0 Å². The minimum atomic E-state index is -3.19. The van der Waals surface area contributed by atoms with E-state index in [2.05, 4.69) is 15.3 Å². The summed E-state index contributed by atoms with van der Waals surface area (Å²) in [6.07, 6.45) is 7.49. The molecule has 27 heavy (non-hydrogen) atoms. The van der Waals surface area contributed by atoms with Crippen LogP contribution >= 0.6 is 0 Å². The predicted molar refractivity (Wildman–Crippen MR) is 102 cm³/mol. The van der Waals surface area contributed by atoms with Crippen LogP contribution < -0.4 is 5.32 Å². The number of aromatic nitrogens is 2. The number of carbonyl (C=O) groups excluding carboxylic acids is 1. The van der Waals surface area contributed by atoms with Crippen molar-refractivity contribution in [1.82, 2.24) is 24.3 Å². The number of hydrogen-bond acceptors (Lipinski definition) is 5. The lowest BCUT2D eigenvalue weighted by atomic mass is 9.73. The van der Waals surface area contributed by atoms with E-state index in [-0.39, 0.29) is 17.9 Å². The summed E-state index contributed by atoms with van der Waals surface area (Å²) in [7, 11) is -1.43. The standard InChI is InChI=1S/C18H29N5O3S/c1-21-16(6-7-20-21)18(24)19-10-17-14-9-13(11-22(12-14)27(2,25)26)15-5-3-4-8-23(15)17/h6-7,13-15,17H,3-5,8-12H2,1-2H3,(H,19,24)/t13-,14+,15+,17+/m1/s1. The topological polar surface area (TPSA) is 87.5 Å². The Bertz CT molecular complexity index is 808. The van der Waals surface area contributed by atoms with Crippen molar-refractivity contribution in [2.75, 3.05) is 32.4 Å². The molecule has 0 radical (unpaired) electrons. The first-order valence-corrected chi connectivity index (χ1v) is 11.7. The van der Waals surface area contributed by atoms with Crippen molar-refractivity contribution < 1.29 is 13.2 Å². The van der Waals surface area contributed by atoms with Gasteiger partial charge in [0, 0.05) is 45.0 Å². The highest BCUT2D eigenvalue weighted by Gasteiger charge is 2.48. The number of fused-ring (bicyclic) bond motifs is 4. The van der Waals surface area contributed by atoms with Crippen LogP contribution in [0.2, 0.25) is 0 Å². The van der Waals surface area contributed by atoms with Gasteiger partial charge in [0.05, 0.1) is 6.26 Å². The molecule has 1 amide bonds. The summed E-state index contributed by atoms with van der Waals surface area (Å²) >= 11 is 0. The molecule has 1 N–H and O–H groups in total. The molecule has 1 aromatic rings. The fraction of sp³-hybridized carbons (Fsp3) is 0.778. The molecule has 4 atom stereocenters. The van der Waals surface area contributed by atoms with Gasteiger partial charge < -0.3 is 5.32 Å². The maximum Gasteiger partial charge on any atom is 0.269 e. The highest BCUT2D eigenvalue weighted by Crippen LogP contribution is 2.41. The number of nitrogens with one attached hydrogen (secondary N) is 1. The first-order chi connectivity index (χ1) is 12.8. The van der Waals surface area contributed by atoms with Crippen molar-refractivity contribution in [2.24, 2.45) is 18.9 Å². The Labute approximate surface area is 160 Å². The van der Waals surface area contributed by atoms with E-state index in [1.54, 1.807) is 28.3 Å². The van der Waals surface area contributed by atoms with Crippen molar-refractivity contribution in [2.45, 2.75) is 37.8 Å². The predicted octanol–water partition coefficient (Wildman–Crippen LogP) is 0.284. The zero-order valence-corrected chi connectivity index (χ0v) is 16.9. The first-order valence-electron chi connectivity index (χ1n) is 9.81. The van der Waals surface area contributed by atoms with Crippen LogP contribution in [0.15, 0.2) is 12.3 Å². The zero-order chi connectivity index (χ0) is 19.2. The number of aryl methyl sites for hydroxylation is 1. The van der Waals surface area contributed by atoms with E-state index in [0.29, 0.717) is 37.3 Å². The number of nitrogens with zero attached hydrogens (tertiary/aromatic N) is 4. The molecule has 0 spiro atoms. The molecule has 3 fully saturated rings. The summed E-state index contributed by atoms with van der Waals surface area (Å²) in [5.41, 5.74) is 0.542. The molecule has 0 unspecified atom stereocenters. The molecule has 3 aliphatic rings.